The third kappa shape index (κ3) is 2.66. The highest BCUT2D eigenvalue weighted by molar-refractivity contribution is 5.91. The summed E-state index contributed by atoms with van der Waals surface area (Å²) < 4.78 is 10.7. The number of rotatable bonds is 2. The van der Waals surface area contributed by atoms with Gasteiger partial charge in [-0.05, 0) is 12.1 Å². The van der Waals surface area contributed by atoms with Crippen molar-refractivity contribution in [2.45, 2.75) is 0 Å². The normalized spacial score (nSPS) is 16.3. The first kappa shape index (κ1) is 11.9. The molecule has 0 N–H and O–H groups in total. The second-order valence-electron chi connectivity index (χ2n) is 4.29. The number of benzene rings is 1. The van der Waals surface area contributed by atoms with E-state index in [1.807, 2.05) is 24.3 Å². The van der Waals surface area contributed by atoms with Gasteiger partial charge in [-0.3, -0.25) is 4.79 Å². The Bertz CT molecular complexity index is 579. The maximum Gasteiger partial charge on any atom is 0.246 e. The van der Waals surface area contributed by atoms with Crippen molar-refractivity contribution in [3.05, 3.63) is 36.2 Å². The van der Waals surface area contributed by atoms with Crippen LogP contribution >= 0.6 is 0 Å². The Labute approximate surface area is 110 Å². The van der Waals surface area contributed by atoms with Gasteiger partial charge in [0.15, 0.2) is 5.58 Å². The molecular weight excluding hydrogens is 244 g/mol. The standard InChI is InChI=1S/C14H14N2O3/c17-14(16-7-9-18-10-8-16)6-5-13-15-11-3-1-2-4-12(11)19-13/h1-6H,7-10H2. The highest BCUT2D eigenvalue weighted by Gasteiger charge is 2.14. The molecule has 1 saturated heterocycles. The fourth-order valence-corrected chi connectivity index (χ4v) is 1.99. The lowest BCUT2D eigenvalue weighted by Crippen LogP contribution is -2.39. The Kier molecular flexibility index (Phi) is 3.29. The summed E-state index contributed by atoms with van der Waals surface area (Å²) in [6, 6.07) is 7.51. The molecule has 0 atom stereocenters. The molecule has 3 rings (SSSR count). The highest BCUT2D eigenvalue weighted by atomic mass is 16.5. The smallest absolute Gasteiger partial charge is 0.246 e. The number of aromatic nitrogens is 1. The van der Waals surface area contributed by atoms with Crippen LogP contribution in [0.3, 0.4) is 0 Å². The number of hydrogen-bond acceptors (Lipinski definition) is 4. The molecule has 5 heteroatoms. The Morgan fingerprint density at radius 3 is 2.84 bits per heavy atom. The van der Waals surface area contributed by atoms with E-state index in [9.17, 15) is 4.79 Å². The molecule has 0 aliphatic carbocycles. The van der Waals surface area contributed by atoms with Crippen LogP contribution in [-0.4, -0.2) is 42.1 Å². The number of ether oxygens (including phenoxy) is 1. The Morgan fingerprint density at radius 2 is 2.05 bits per heavy atom. The number of carbonyl (C=O) groups is 1. The first-order chi connectivity index (χ1) is 9.33. The van der Waals surface area contributed by atoms with E-state index in [1.165, 1.54) is 6.08 Å². The molecule has 1 amide bonds. The van der Waals surface area contributed by atoms with E-state index in [0.29, 0.717) is 32.2 Å². The number of hydrogen-bond donors (Lipinski definition) is 0. The topological polar surface area (TPSA) is 55.6 Å². The summed E-state index contributed by atoms with van der Waals surface area (Å²) in [6.45, 7) is 2.47. The maximum absolute atomic E-state index is 11.9. The van der Waals surface area contributed by atoms with E-state index < -0.39 is 0 Å². The largest absolute Gasteiger partial charge is 0.437 e. The van der Waals surface area contributed by atoms with Crippen molar-refractivity contribution in [2.75, 3.05) is 26.3 Å². The van der Waals surface area contributed by atoms with Gasteiger partial charge in [0.2, 0.25) is 11.8 Å². The molecule has 5 nitrogen and oxygen atoms in total. The van der Waals surface area contributed by atoms with Crippen LogP contribution in [0.4, 0.5) is 0 Å². The van der Waals surface area contributed by atoms with Crippen molar-refractivity contribution >= 4 is 23.1 Å². The number of amides is 1. The third-order valence-corrected chi connectivity index (χ3v) is 3.00. The van der Waals surface area contributed by atoms with E-state index in [4.69, 9.17) is 9.15 Å². The predicted octanol–water partition coefficient (Wildman–Crippen LogP) is 1.70. The first-order valence-electron chi connectivity index (χ1n) is 6.23. The maximum atomic E-state index is 11.9. The van der Waals surface area contributed by atoms with Crippen molar-refractivity contribution in [1.29, 1.82) is 0 Å². The molecule has 19 heavy (non-hydrogen) atoms. The van der Waals surface area contributed by atoms with Crippen LogP contribution in [0.1, 0.15) is 5.89 Å². The number of fused-ring (bicyclic) bond motifs is 1. The van der Waals surface area contributed by atoms with Crippen molar-refractivity contribution < 1.29 is 13.9 Å². The van der Waals surface area contributed by atoms with E-state index >= 15 is 0 Å². The molecule has 1 aromatic carbocycles. The van der Waals surface area contributed by atoms with Gasteiger partial charge < -0.3 is 14.1 Å². The van der Waals surface area contributed by atoms with Crippen LogP contribution in [0, 0.1) is 0 Å². The number of carbonyl (C=O) groups excluding carboxylic acids is 1. The second kappa shape index (κ2) is 5.24. The van der Waals surface area contributed by atoms with Crippen LogP contribution < -0.4 is 0 Å². The van der Waals surface area contributed by atoms with Gasteiger partial charge in [0, 0.05) is 25.2 Å². The molecule has 98 valence electrons. The molecule has 0 radical (unpaired) electrons. The van der Waals surface area contributed by atoms with E-state index in [0.717, 1.165) is 11.1 Å². The molecule has 2 aromatic rings. The fourth-order valence-electron chi connectivity index (χ4n) is 1.99. The molecule has 1 fully saturated rings. The zero-order chi connectivity index (χ0) is 13.1. The summed E-state index contributed by atoms with van der Waals surface area (Å²) in [5, 5.41) is 0. The molecule has 0 spiro atoms. The van der Waals surface area contributed by atoms with Crippen molar-refractivity contribution in [1.82, 2.24) is 9.88 Å². The van der Waals surface area contributed by atoms with Gasteiger partial charge in [0.25, 0.3) is 0 Å². The molecule has 1 aliphatic rings. The summed E-state index contributed by atoms with van der Waals surface area (Å²) in [4.78, 5) is 17.9. The number of morpholine rings is 1. The van der Waals surface area contributed by atoms with E-state index in [-0.39, 0.29) is 5.91 Å². The predicted molar refractivity (Wildman–Crippen MR) is 70.4 cm³/mol. The SMILES string of the molecule is O=C(C=Cc1nc2ccccc2o1)N1CCOCC1. The highest BCUT2D eigenvalue weighted by Crippen LogP contribution is 2.15. The number of oxazole rings is 1. The summed E-state index contributed by atoms with van der Waals surface area (Å²) in [5.41, 5.74) is 1.52. The van der Waals surface area contributed by atoms with Gasteiger partial charge in [0.05, 0.1) is 13.2 Å². The van der Waals surface area contributed by atoms with Crippen LogP contribution in [0.15, 0.2) is 34.8 Å². The van der Waals surface area contributed by atoms with Gasteiger partial charge in [-0.15, -0.1) is 0 Å². The van der Waals surface area contributed by atoms with E-state index in [1.54, 1.807) is 11.0 Å². The van der Waals surface area contributed by atoms with Crippen LogP contribution in [0.25, 0.3) is 17.2 Å². The van der Waals surface area contributed by atoms with Crippen molar-refractivity contribution in [3.8, 4) is 0 Å². The van der Waals surface area contributed by atoms with Crippen LogP contribution in [0.2, 0.25) is 0 Å². The summed E-state index contributed by atoms with van der Waals surface area (Å²) in [7, 11) is 0. The quantitative estimate of drug-likeness (QED) is 0.769. The minimum atomic E-state index is -0.0365. The van der Waals surface area contributed by atoms with Crippen molar-refractivity contribution in [3.63, 3.8) is 0 Å². The molecule has 0 unspecified atom stereocenters. The fraction of sp³-hybridized carbons (Fsp3) is 0.286. The monoisotopic (exact) mass is 258 g/mol. The minimum Gasteiger partial charge on any atom is -0.437 e. The summed E-state index contributed by atoms with van der Waals surface area (Å²) >= 11 is 0. The number of para-hydroxylation sites is 2. The average molecular weight is 258 g/mol. The lowest BCUT2D eigenvalue weighted by atomic mass is 10.3. The first-order valence-corrected chi connectivity index (χ1v) is 6.23. The lowest BCUT2D eigenvalue weighted by Gasteiger charge is -2.25. The minimum absolute atomic E-state index is 0.0365. The van der Waals surface area contributed by atoms with E-state index in [2.05, 4.69) is 4.98 Å². The Balaban J connectivity index is 1.72. The Morgan fingerprint density at radius 1 is 1.26 bits per heavy atom. The molecular formula is C14H14N2O3. The molecule has 0 bridgehead atoms. The van der Waals surface area contributed by atoms with Gasteiger partial charge >= 0.3 is 0 Å². The molecule has 0 saturated carbocycles. The van der Waals surface area contributed by atoms with Crippen LogP contribution in [0.5, 0.6) is 0 Å². The van der Waals surface area contributed by atoms with Gasteiger partial charge in [0.1, 0.15) is 5.52 Å². The summed E-state index contributed by atoms with van der Waals surface area (Å²) in [6.07, 6.45) is 3.10. The van der Waals surface area contributed by atoms with Gasteiger partial charge in [-0.1, -0.05) is 12.1 Å². The Hall–Kier alpha value is -2.14. The van der Waals surface area contributed by atoms with Gasteiger partial charge in [-0.25, -0.2) is 4.98 Å². The average Bonchev–Trinajstić information content (AvgIpc) is 2.88. The second-order valence-corrected chi connectivity index (χ2v) is 4.29. The number of nitrogens with zero attached hydrogens (tertiary/aromatic N) is 2. The van der Waals surface area contributed by atoms with Crippen LogP contribution in [-0.2, 0) is 9.53 Å². The third-order valence-electron chi connectivity index (χ3n) is 3.00. The summed E-state index contributed by atoms with van der Waals surface area (Å²) in [5.74, 6) is 0.411. The molecule has 1 aliphatic heterocycles. The zero-order valence-corrected chi connectivity index (χ0v) is 10.4. The zero-order valence-electron chi connectivity index (χ0n) is 10.4. The van der Waals surface area contributed by atoms with Crippen molar-refractivity contribution in [2.24, 2.45) is 0 Å². The molecule has 2 heterocycles. The molecule has 1 aromatic heterocycles. The van der Waals surface area contributed by atoms with Gasteiger partial charge in [-0.2, -0.15) is 0 Å². The lowest BCUT2D eigenvalue weighted by molar-refractivity contribution is -0.129.